The van der Waals surface area contributed by atoms with Crippen LogP contribution in [0.5, 0.6) is 0 Å². The fourth-order valence-corrected chi connectivity index (χ4v) is 1.57. The Balaban J connectivity index is 0.000000861. The van der Waals surface area contributed by atoms with Crippen molar-refractivity contribution in [1.29, 1.82) is 0 Å². The van der Waals surface area contributed by atoms with Gasteiger partial charge >= 0.3 is 0 Å². The van der Waals surface area contributed by atoms with E-state index in [4.69, 9.17) is 11.6 Å². The molecule has 0 aliphatic heterocycles. The van der Waals surface area contributed by atoms with Crippen LogP contribution in [0.4, 0.5) is 10.2 Å². The summed E-state index contributed by atoms with van der Waals surface area (Å²) in [6, 6.07) is 6.40. The second-order valence-corrected chi connectivity index (χ2v) is 3.99. The molecule has 2 aromatic rings. The molecule has 0 saturated carbocycles. The van der Waals surface area contributed by atoms with Crippen LogP contribution in [0.3, 0.4) is 0 Å². The molecule has 0 atom stereocenters. The van der Waals surface area contributed by atoms with Crippen molar-refractivity contribution in [2.75, 3.05) is 5.32 Å². The van der Waals surface area contributed by atoms with Crippen molar-refractivity contribution in [3.05, 3.63) is 52.7 Å². The minimum Gasteiger partial charge on any atom is -0.366 e. The summed E-state index contributed by atoms with van der Waals surface area (Å²) < 4.78 is 13.0. The number of aromatic nitrogens is 2. The van der Waals surface area contributed by atoms with Crippen LogP contribution in [0.25, 0.3) is 0 Å². The van der Waals surface area contributed by atoms with E-state index in [1.165, 1.54) is 12.1 Å². The molecule has 0 amide bonds. The van der Waals surface area contributed by atoms with Crippen molar-refractivity contribution in [1.82, 2.24) is 9.97 Å². The van der Waals surface area contributed by atoms with Crippen molar-refractivity contribution in [3.63, 3.8) is 0 Å². The Morgan fingerprint density at radius 3 is 2.74 bits per heavy atom. The van der Waals surface area contributed by atoms with Crippen LogP contribution in [-0.4, -0.2) is 9.97 Å². The highest BCUT2D eigenvalue weighted by Gasteiger charge is 2.02. The fourth-order valence-electron chi connectivity index (χ4n) is 1.43. The maximum Gasteiger partial charge on any atom is 0.224 e. The molecule has 5 heteroatoms. The van der Waals surface area contributed by atoms with Crippen LogP contribution in [0, 0.1) is 12.7 Å². The minimum atomic E-state index is -0.248. The molecule has 102 valence electrons. The van der Waals surface area contributed by atoms with Crippen molar-refractivity contribution < 1.29 is 4.39 Å². The highest BCUT2D eigenvalue weighted by atomic mass is 35.5. The van der Waals surface area contributed by atoms with E-state index < -0.39 is 0 Å². The predicted molar refractivity (Wildman–Crippen MR) is 76.9 cm³/mol. The smallest absolute Gasteiger partial charge is 0.224 e. The molecule has 0 spiro atoms. The van der Waals surface area contributed by atoms with E-state index in [-0.39, 0.29) is 11.1 Å². The Hall–Kier alpha value is -1.68. The Morgan fingerprint density at radius 1 is 1.32 bits per heavy atom. The van der Waals surface area contributed by atoms with Gasteiger partial charge in [0.05, 0.1) is 0 Å². The average Bonchev–Trinajstić information content (AvgIpc) is 2.42. The summed E-state index contributed by atoms with van der Waals surface area (Å²) in [6.45, 7) is 6.37. The molecule has 0 fully saturated rings. The van der Waals surface area contributed by atoms with Gasteiger partial charge in [0.25, 0.3) is 0 Å². The number of hydrogen-bond donors (Lipinski definition) is 1. The zero-order valence-electron chi connectivity index (χ0n) is 11.2. The summed E-state index contributed by atoms with van der Waals surface area (Å²) in [5.41, 5.74) is 1.74. The van der Waals surface area contributed by atoms with Gasteiger partial charge in [-0.05, 0) is 36.2 Å². The van der Waals surface area contributed by atoms with Crippen LogP contribution in [-0.2, 0) is 6.54 Å². The van der Waals surface area contributed by atoms with Crippen LogP contribution in [0.1, 0.15) is 25.0 Å². The van der Waals surface area contributed by atoms with E-state index in [1.54, 1.807) is 12.3 Å². The van der Waals surface area contributed by atoms with Crippen molar-refractivity contribution in [2.24, 2.45) is 0 Å². The fraction of sp³-hybridized carbons (Fsp3) is 0.286. The van der Waals surface area contributed by atoms with Crippen LogP contribution < -0.4 is 5.32 Å². The number of aryl methyl sites for hydroxylation is 1. The molecule has 0 aliphatic rings. The Labute approximate surface area is 117 Å². The second-order valence-electron chi connectivity index (χ2n) is 3.65. The maximum absolute atomic E-state index is 13.0. The van der Waals surface area contributed by atoms with Crippen molar-refractivity contribution in [2.45, 2.75) is 27.3 Å². The molecule has 19 heavy (non-hydrogen) atoms. The molecule has 3 nitrogen and oxygen atoms in total. The molecule has 0 radical (unpaired) electrons. The normalized spacial score (nSPS) is 9.53. The molecule has 0 unspecified atom stereocenters. The molecule has 0 bridgehead atoms. The largest absolute Gasteiger partial charge is 0.366 e. The summed E-state index contributed by atoms with van der Waals surface area (Å²) in [5, 5.41) is 3.29. The SMILES string of the molecule is CC.Cc1cnc(Cl)nc1NCc1cccc(F)c1. The second kappa shape index (κ2) is 7.69. The van der Waals surface area contributed by atoms with Gasteiger partial charge in [-0.25, -0.2) is 14.4 Å². The van der Waals surface area contributed by atoms with Gasteiger partial charge in [-0.1, -0.05) is 26.0 Å². The molecule has 0 aliphatic carbocycles. The molecule has 1 aromatic carbocycles. The summed E-state index contributed by atoms with van der Waals surface area (Å²) in [4.78, 5) is 7.92. The predicted octanol–water partition coefficient (Wildman–Crippen LogP) is 4.22. The van der Waals surface area contributed by atoms with E-state index in [0.717, 1.165) is 11.1 Å². The number of nitrogens with one attached hydrogen (secondary N) is 1. The summed E-state index contributed by atoms with van der Waals surface area (Å²) in [6.07, 6.45) is 1.64. The van der Waals surface area contributed by atoms with Crippen molar-refractivity contribution >= 4 is 17.4 Å². The van der Waals surface area contributed by atoms with Gasteiger partial charge in [-0.15, -0.1) is 0 Å². The minimum absolute atomic E-state index is 0.192. The standard InChI is InChI=1S/C12H11ClFN3.C2H6/c1-8-6-16-12(13)17-11(8)15-7-9-3-2-4-10(14)5-9;1-2/h2-6H,7H2,1H3,(H,15,16,17);1-2H3. The zero-order chi connectivity index (χ0) is 14.3. The van der Waals surface area contributed by atoms with Gasteiger partial charge in [0.1, 0.15) is 11.6 Å². The van der Waals surface area contributed by atoms with Gasteiger partial charge < -0.3 is 5.32 Å². The van der Waals surface area contributed by atoms with Gasteiger partial charge in [0, 0.05) is 18.3 Å². The average molecular weight is 282 g/mol. The molecule has 1 heterocycles. The van der Waals surface area contributed by atoms with E-state index in [1.807, 2.05) is 26.8 Å². The molecule has 2 rings (SSSR count). The molecule has 0 saturated heterocycles. The summed E-state index contributed by atoms with van der Waals surface area (Å²) in [5.74, 6) is 0.413. The topological polar surface area (TPSA) is 37.8 Å². The van der Waals surface area contributed by atoms with Gasteiger partial charge in [-0.2, -0.15) is 0 Å². The summed E-state index contributed by atoms with van der Waals surface area (Å²) in [7, 11) is 0. The third-order valence-electron chi connectivity index (χ3n) is 2.29. The highest BCUT2D eigenvalue weighted by molar-refractivity contribution is 6.28. The molecular weight excluding hydrogens is 265 g/mol. The van der Waals surface area contributed by atoms with Crippen LogP contribution >= 0.6 is 11.6 Å². The Morgan fingerprint density at radius 2 is 2.05 bits per heavy atom. The lowest BCUT2D eigenvalue weighted by Crippen LogP contribution is -2.04. The first-order valence-electron chi connectivity index (χ1n) is 6.12. The van der Waals surface area contributed by atoms with E-state index in [2.05, 4.69) is 15.3 Å². The number of nitrogens with zero attached hydrogens (tertiary/aromatic N) is 2. The quantitative estimate of drug-likeness (QED) is 0.856. The highest BCUT2D eigenvalue weighted by Crippen LogP contribution is 2.14. The third kappa shape index (κ3) is 4.83. The Kier molecular flexibility index (Phi) is 6.22. The van der Waals surface area contributed by atoms with E-state index in [9.17, 15) is 4.39 Å². The number of hydrogen-bond acceptors (Lipinski definition) is 3. The maximum atomic E-state index is 13.0. The molecular formula is C14H17ClFN3. The van der Waals surface area contributed by atoms with Crippen LogP contribution in [0.15, 0.2) is 30.5 Å². The molecule has 1 aromatic heterocycles. The number of anilines is 1. The first-order valence-corrected chi connectivity index (χ1v) is 6.50. The Bertz CT molecular complexity index is 532. The number of benzene rings is 1. The number of halogens is 2. The van der Waals surface area contributed by atoms with Crippen LogP contribution in [0.2, 0.25) is 5.28 Å². The lowest BCUT2D eigenvalue weighted by Gasteiger charge is -2.08. The van der Waals surface area contributed by atoms with E-state index >= 15 is 0 Å². The molecule has 1 N–H and O–H groups in total. The monoisotopic (exact) mass is 281 g/mol. The van der Waals surface area contributed by atoms with E-state index in [0.29, 0.717) is 12.4 Å². The zero-order valence-corrected chi connectivity index (χ0v) is 12.0. The van der Waals surface area contributed by atoms with Crippen molar-refractivity contribution in [3.8, 4) is 0 Å². The first kappa shape index (κ1) is 15.4. The first-order chi connectivity index (χ1) is 9.15. The lowest BCUT2D eigenvalue weighted by molar-refractivity contribution is 0.626. The number of rotatable bonds is 3. The van der Waals surface area contributed by atoms with Gasteiger partial charge in [0.15, 0.2) is 0 Å². The lowest BCUT2D eigenvalue weighted by atomic mass is 10.2. The summed E-state index contributed by atoms with van der Waals surface area (Å²) >= 11 is 5.70. The third-order valence-corrected chi connectivity index (χ3v) is 2.47. The van der Waals surface area contributed by atoms with Gasteiger partial charge in [-0.3, -0.25) is 0 Å². The van der Waals surface area contributed by atoms with Gasteiger partial charge in [0.2, 0.25) is 5.28 Å².